The Balaban J connectivity index is 0.000000439. The number of fused-ring (bicyclic) bond motifs is 1. The molecule has 1 fully saturated rings. The van der Waals surface area contributed by atoms with Gasteiger partial charge in [0.15, 0.2) is 0 Å². The van der Waals surface area contributed by atoms with Crippen LogP contribution in [0.25, 0.3) is 11.7 Å². The number of hydrogen-bond donors (Lipinski definition) is 0. The van der Waals surface area contributed by atoms with Gasteiger partial charge in [0.05, 0.1) is 16.4 Å². The SMILES string of the molecule is C=C/C=C\C.C=CC=C.Cc1nc2ccc(Cl)cn2c1/C=C/C(=O)N1CCC(c2ccccc2)CC1. The number of hydrogen-bond acceptors (Lipinski definition) is 2. The summed E-state index contributed by atoms with van der Waals surface area (Å²) >= 11 is 6.10. The van der Waals surface area contributed by atoms with Gasteiger partial charge >= 0.3 is 0 Å². The van der Waals surface area contributed by atoms with Gasteiger partial charge in [-0.3, -0.25) is 9.20 Å². The lowest BCUT2D eigenvalue weighted by Gasteiger charge is -2.31. The third-order valence-corrected chi connectivity index (χ3v) is 5.98. The molecule has 1 amide bonds. The second kappa shape index (κ2) is 15.4. The van der Waals surface area contributed by atoms with Crippen molar-refractivity contribution < 1.29 is 4.79 Å². The van der Waals surface area contributed by atoms with E-state index in [1.807, 2.05) is 65.8 Å². The van der Waals surface area contributed by atoms with Crippen LogP contribution < -0.4 is 0 Å². The van der Waals surface area contributed by atoms with Gasteiger partial charge in [-0.05, 0) is 56.4 Å². The van der Waals surface area contributed by atoms with Crippen LogP contribution in [0.1, 0.15) is 42.6 Å². The van der Waals surface area contributed by atoms with Crippen molar-refractivity contribution in [1.82, 2.24) is 14.3 Å². The van der Waals surface area contributed by atoms with E-state index in [1.165, 1.54) is 5.56 Å². The molecule has 0 bridgehead atoms. The van der Waals surface area contributed by atoms with E-state index in [0.29, 0.717) is 10.9 Å². The van der Waals surface area contributed by atoms with Gasteiger partial charge < -0.3 is 4.90 Å². The number of carbonyl (C=O) groups is 1. The molecule has 3 heterocycles. The molecule has 3 aromatic rings. The van der Waals surface area contributed by atoms with Gasteiger partial charge in [0.25, 0.3) is 0 Å². The number of likely N-dealkylation sites (tertiary alicyclic amines) is 1. The summed E-state index contributed by atoms with van der Waals surface area (Å²) in [5, 5.41) is 0.642. The van der Waals surface area contributed by atoms with Gasteiger partial charge in [0, 0.05) is 25.4 Å². The van der Waals surface area contributed by atoms with Crippen LogP contribution in [-0.2, 0) is 4.79 Å². The highest BCUT2D eigenvalue weighted by Crippen LogP contribution is 2.28. The number of halogens is 1. The normalized spacial score (nSPS) is 13.6. The Morgan fingerprint density at radius 3 is 2.25 bits per heavy atom. The van der Waals surface area contributed by atoms with Crippen molar-refractivity contribution in [1.29, 1.82) is 0 Å². The first-order valence-electron chi connectivity index (χ1n) is 12.1. The van der Waals surface area contributed by atoms with Crippen molar-refractivity contribution in [3.8, 4) is 0 Å². The molecule has 1 aliphatic rings. The molecular formula is C31H36ClN3O. The molecule has 2 aromatic heterocycles. The number of piperidine rings is 1. The van der Waals surface area contributed by atoms with Crippen molar-refractivity contribution >= 4 is 29.2 Å². The number of aromatic nitrogens is 2. The van der Waals surface area contributed by atoms with E-state index in [4.69, 9.17) is 11.6 Å². The highest BCUT2D eigenvalue weighted by molar-refractivity contribution is 6.30. The van der Waals surface area contributed by atoms with Crippen molar-refractivity contribution in [2.45, 2.75) is 32.6 Å². The van der Waals surface area contributed by atoms with Crippen molar-refractivity contribution in [2.75, 3.05) is 13.1 Å². The fourth-order valence-electron chi connectivity index (χ4n) is 3.91. The Bertz CT molecular complexity index is 1190. The Morgan fingerprint density at radius 1 is 1.03 bits per heavy atom. The first-order chi connectivity index (χ1) is 17.4. The number of pyridine rings is 1. The molecule has 0 atom stereocenters. The quantitative estimate of drug-likeness (QED) is 0.264. The molecule has 0 aliphatic carbocycles. The van der Waals surface area contributed by atoms with Gasteiger partial charge in [-0.2, -0.15) is 0 Å². The lowest BCUT2D eigenvalue weighted by Crippen LogP contribution is -2.36. The Hall–Kier alpha value is -3.63. The summed E-state index contributed by atoms with van der Waals surface area (Å²) < 4.78 is 1.92. The molecular weight excluding hydrogens is 466 g/mol. The van der Waals surface area contributed by atoms with Crippen LogP contribution in [0.2, 0.25) is 5.02 Å². The van der Waals surface area contributed by atoms with Gasteiger partial charge in [0.2, 0.25) is 5.91 Å². The molecule has 0 N–H and O–H groups in total. The molecule has 1 aliphatic heterocycles. The van der Waals surface area contributed by atoms with Gasteiger partial charge in [-0.1, -0.05) is 92.0 Å². The van der Waals surface area contributed by atoms with Crippen LogP contribution in [0.15, 0.2) is 105 Å². The molecule has 1 saturated heterocycles. The monoisotopic (exact) mass is 501 g/mol. The van der Waals surface area contributed by atoms with Gasteiger partial charge in [-0.25, -0.2) is 4.98 Å². The third-order valence-electron chi connectivity index (χ3n) is 5.76. The average Bonchev–Trinajstić information content (AvgIpc) is 3.22. The van der Waals surface area contributed by atoms with E-state index >= 15 is 0 Å². The highest BCUT2D eigenvalue weighted by Gasteiger charge is 2.22. The Labute approximate surface area is 220 Å². The molecule has 0 spiro atoms. The van der Waals surface area contributed by atoms with Crippen LogP contribution in [-0.4, -0.2) is 33.3 Å². The maximum Gasteiger partial charge on any atom is 0.246 e. The number of nitrogens with zero attached hydrogens (tertiary/aromatic N) is 3. The molecule has 5 heteroatoms. The minimum Gasteiger partial charge on any atom is -0.339 e. The summed E-state index contributed by atoms with van der Waals surface area (Å²) in [4.78, 5) is 19.1. The molecule has 36 heavy (non-hydrogen) atoms. The predicted octanol–water partition coefficient (Wildman–Crippen LogP) is 7.82. The number of carbonyl (C=O) groups excluding carboxylic acids is 1. The second-order valence-electron chi connectivity index (χ2n) is 8.23. The number of rotatable bonds is 5. The van der Waals surface area contributed by atoms with Gasteiger partial charge in [-0.15, -0.1) is 0 Å². The Kier molecular flexibility index (Phi) is 12.2. The fourth-order valence-corrected chi connectivity index (χ4v) is 4.07. The number of imidazole rings is 1. The molecule has 0 saturated carbocycles. The minimum absolute atomic E-state index is 0.0536. The highest BCUT2D eigenvalue weighted by atomic mass is 35.5. The summed E-state index contributed by atoms with van der Waals surface area (Å²) in [6.07, 6.45) is 16.2. The largest absolute Gasteiger partial charge is 0.339 e. The molecule has 0 radical (unpaired) electrons. The van der Waals surface area contributed by atoms with Gasteiger partial charge in [0.1, 0.15) is 5.65 Å². The van der Waals surface area contributed by atoms with E-state index < -0.39 is 0 Å². The summed E-state index contributed by atoms with van der Waals surface area (Å²) in [5.41, 5.74) is 3.97. The molecule has 1 aromatic carbocycles. The lowest BCUT2D eigenvalue weighted by atomic mass is 9.89. The van der Waals surface area contributed by atoms with Crippen molar-refractivity contribution in [2.24, 2.45) is 0 Å². The zero-order chi connectivity index (χ0) is 26.3. The molecule has 0 unspecified atom stereocenters. The fraction of sp³-hybridized carbons (Fsp3) is 0.226. The zero-order valence-electron chi connectivity index (χ0n) is 21.3. The minimum atomic E-state index is 0.0536. The zero-order valence-corrected chi connectivity index (χ0v) is 22.1. The standard InChI is InChI=1S/C22H22ClN3O.C5H8.C4H6/c1-16-20(26-15-19(23)7-9-21(26)24-16)8-10-22(27)25-13-11-18(12-14-25)17-5-3-2-4-6-17;1-3-5-4-2;1-3-4-2/h2-10,15,18H,11-14H2,1H3;3-5H,1H2,2H3;3-4H,1-2H2/b10-8+;5-4-;. The maximum atomic E-state index is 12.6. The number of benzene rings is 1. The number of amides is 1. The predicted molar refractivity (Wildman–Crippen MR) is 154 cm³/mol. The molecule has 4 rings (SSSR count). The van der Waals surface area contributed by atoms with Crippen molar-refractivity contribution in [3.05, 3.63) is 127 Å². The van der Waals surface area contributed by atoms with E-state index in [0.717, 1.165) is 43.0 Å². The summed E-state index contributed by atoms with van der Waals surface area (Å²) in [6.45, 7) is 15.7. The molecule has 4 nitrogen and oxygen atoms in total. The number of allylic oxidation sites excluding steroid dienone is 5. The van der Waals surface area contributed by atoms with E-state index in [9.17, 15) is 4.79 Å². The first kappa shape index (κ1) is 28.6. The van der Waals surface area contributed by atoms with Crippen LogP contribution in [0, 0.1) is 6.92 Å². The lowest BCUT2D eigenvalue weighted by molar-refractivity contribution is -0.126. The molecule has 188 valence electrons. The van der Waals surface area contributed by atoms with Crippen molar-refractivity contribution in [3.63, 3.8) is 0 Å². The summed E-state index contributed by atoms with van der Waals surface area (Å²) in [6, 6.07) is 14.3. The topological polar surface area (TPSA) is 37.6 Å². The van der Waals surface area contributed by atoms with Crippen LogP contribution >= 0.6 is 11.6 Å². The van der Waals surface area contributed by atoms with E-state index in [1.54, 1.807) is 24.3 Å². The van der Waals surface area contributed by atoms with Crippen LogP contribution in [0.5, 0.6) is 0 Å². The first-order valence-corrected chi connectivity index (χ1v) is 12.5. The average molecular weight is 502 g/mol. The maximum absolute atomic E-state index is 12.6. The van der Waals surface area contributed by atoms with Crippen LogP contribution in [0.3, 0.4) is 0 Å². The number of aryl methyl sites for hydroxylation is 1. The second-order valence-corrected chi connectivity index (χ2v) is 8.67. The van der Waals surface area contributed by atoms with E-state index in [-0.39, 0.29) is 5.91 Å². The smallest absolute Gasteiger partial charge is 0.246 e. The van der Waals surface area contributed by atoms with Crippen LogP contribution in [0.4, 0.5) is 0 Å². The summed E-state index contributed by atoms with van der Waals surface area (Å²) in [5.74, 6) is 0.597. The summed E-state index contributed by atoms with van der Waals surface area (Å²) in [7, 11) is 0. The third kappa shape index (κ3) is 8.54. The van der Waals surface area contributed by atoms with E-state index in [2.05, 4.69) is 49.0 Å². The Morgan fingerprint density at radius 2 is 1.69 bits per heavy atom.